The number of benzene rings is 1. The zero-order valence-electron chi connectivity index (χ0n) is 9.53. The van der Waals surface area contributed by atoms with Gasteiger partial charge in [0.05, 0.1) is 0 Å². The fraction of sp³-hybridized carbons (Fsp3) is 0.333. The van der Waals surface area contributed by atoms with E-state index in [9.17, 15) is 9.59 Å². The van der Waals surface area contributed by atoms with Gasteiger partial charge < -0.3 is 5.32 Å². The SMILES string of the molecule is CC(=O)CCNC(=O)SCc1ccc(Cl)cc1. The minimum absolute atomic E-state index is 0.0769. The molecule has 1 N–H and O–H groups in total. The van der Waals surface area contributed by atoms with E-state index in [-0.39, 0.29) is 11.0 Å². The average molecular weight is 272 g/mol. The largest absolute Gasteiger partial charge is 0.347 e. The molecule has 0 radical (unpaired) electrons. The zero-order chi connectivity index (χ0) is 12.7. The maximum atomic E-state index is 11.4. The van der Waals surface area contributed by atoms with Crippen molar-refractivity contribution < 1.29 is 9.59 Å². The summed E-state index contributed by atoms with van der Waals surface area (Å²) in [5, 5.41) is 3.25. The summed E-state index contributed by atoms with van der Waals surface area (Å²) in [5.74, 6) is 0.677. The summed E-state index contributed by atoms with van der Waals surface area (Å²) >= 11 is 6.94. The molecule has 1 amide bonds. The highest BCUT2D eigenvalue weighted by Gasteiger charge is 2.03. The van der Waals surface area contributed by atoms with Crippen LogP contribution in [0.2, 0.25) is 5.02 Å². The molecule has 3 nitrogen and oxygen atoms in total. The van der Waals surface area contributed by atoms with Crippen molar-refractivity contribution in [2.24, 2.45) is 0 Å². The molecule has 0 aliphatic heterocycles. The van der Waals surface area contributed by atoms with E-state index in [1.54, 1.807) is 12.1 Å². The van der Waals surface area contributed by atoms with E-state index in [0.717, 1.165) is 5.56 Å². The van der Waals surface area contributed by atoms with Gasteiger partial charge in [0.1, 0.15) is 5.78 Å². The second-order valence-corrected chi connectivity index (χ2v) is 4.97. The van der Waals surface area contributed by atoms with Crippen LogP contribution in [0.25, 0.3) is 0 Å². The first-order valence-corrected chi connectivity index (χ1v) is 6.59. The topological polar surface area (TPSA) is 46.2 Å². The van der Waals surface area contributed by atoms with Crippen molar-refractivity contribution in [2.75, 3.05) is 6.54 Å². The van der Waals surface area contributed by atoms with Crippen molar-refractivity contribution in [3.63, 3.8) is 0 Å². The van der Waals surface area contributed by atoms with Crippen LogP contribution in [0.4, 0.5) is 4.79 Å². The molecule has 0 atom stereocenters. The molecule has 0 aromatic heterocycles. The van der Waals surface area contributed by atoms with E-state index in [1.807, 2.05) is 12.1 Å². The molecule has 0 saturated heterocycles. The number of ketones is 1. The number of thioether (sulfide) groups is 1. The number of carbonyl (C=O) groups excluding carboxylic acids is 2. The monoisotopic (exact) mass is 271 g/mol. The molecule has 92 valence electrons. The molecule has 0 fully saturated rings. The second kappa shape index (κ2) is 7.35. The van der Waals surface area contributed by atoms with Crippen molar-refractivity contribution in [1.29, 1.82) is 0 Å². The Kier molecular flexibility index (Phi) is 6.08. The van der Waals surface area contributed by atoms with Gasteiger partial charge in [-0.05, 0) is 24.6 Å². The molecule has 0 aliphatic rings. The van der Waals surface area contributed by atoms with Crippen molar-refractivity contribution in [2.45, 2.75) is 19.1 Å². The van der Waals surface area contributed by atoms with Gasteiger partial charge >= 0.3 is 0 Å². The number of halogens is 1. The maximum Gasteiger partial charge on any atom is 0.279 e. The van der Waals surface area contributed by atoms with Crippen LogP contribution >= 0.6 is 23.4 Å². The van der Waals surface area contributed by atoms with E-state index >= 15 is 0 Å². The minimum atomic E-state index is -0.110. The summed E-state index contributed by atoms with van der Waals surface area (Å²) in [5.41, 5.74) is 1.04. The van der Waals surface area contributed by atoms with Crippen LogP contribution in [0.15, 0.2) is 24.3 Å². The Morgan fingerprint density at radius 2 is 1.94 bits per heavy atom. The van der Waals surface area contributed by atoms with Gasteiger partial charge in [0.2, 0.25) is 0 Å². The van der Waals surface area contributed by atoms with Crippen LogP contribution in [0.3, 0.4) is 0 Å². The average Bonchev–Trinajstić information content (AvgIpc) is 2.28. The normalized spacial score (nSPS) is 10.0. The third-order valence-electron chi connectivity index (χ3n) is 2.03. The fourth-order valence-electron chi connectivity index (χ4n) is 1.12. The first kappa shape index (κ1) is 14.1. The first-order valence-electron chi connectivity index (χ1n) is 5.22. The smallest absolute Gasteiger partial charge is 0.279 e. The van der Waals surface area contributed by atoms with Crippen LogP contribution < -0.4 is 5.32 Å². The molecular formula is C12H14ClNO2S. The predicted molar refractivity (Wildman–Crippen MR) is 71.4 cm³/mol. The van der Waals surface area contributed by atoms with Crippen molar-refractivity contribution >= 4 is 34.4 Å². The highest BCUT2D eigenvalue weighted by Crippen LogP contribution is 2.15. The minimum Gasteiger partial charge on any atom is -0.347 e. The molecule has 0 saturated carbocycles. The van der Waals surface area contributed by atoms with E-state index < -0.39 is 0 Å². The van der Waals surface area contributed by atoms with Gasteiger partial charge in [-0.25, -0.2) is 0 Å². The lowest BCUT2D eigenvalue weighted by molar-refractivity contribution is -0.116. The Morgan fingerprint density at radius 3 is 2.53 bits per heavy atom. The molecule has 17 heavy (non-hydrogen) atoms. The highest BCUT2D eigenvalue weighted by molar-refractivity contribution is 8.12. The molecule has 0 aliphatic carbocycles. The number of nitrogens with one attached hydrogen (secondary N) is 1. The summed E-state index contributed by atoms with van der Waals surface area (Å²) in [6.45, 7) is 1.91. The molecule has 0 unspecified atom stereocenters. The van der Waals surface area contributed by atoms with Gasteiger partial charge in [-0.15, -0.1) is 0 Å². The predicted octanol–water partition coefficient (Wildman–Crippen LogP) is 3.26. The van der Waals surface area contributed by atoms with Crippen LogP contribution in [0.1, 0.15) is 18.9 Å². The standard InChI is InChI=1S/C12H14ClNO2S/c1-9(15)6-7-14-12(16)17-8-10-2-4-11(13)5-3-10/h2-5H,6-8H2,1H3,(H,14,16). The van der Waals surface area contributed by atoms with Crippen LogP contribution in [-0.4, -0.2) is 17.6 Å². The summed E-state index contributed by atoms with van der Waals surface area (Å²) in [4.78, 5) is 22.0. The summed E-state index contributed by atoms with van der Waals surface area (Å²) < 4.78 is 0. The molecule has 0 bridgehead atoms. The zero-order valence-corrected chi connectivity index (χ0v) is 11.1. The number of Topliss-reactive ketones (excluding diaryl/α,β-unsaturated/α-hetero) is 1. The fourth-order valence-corrected chi connectivity index (χ4v) is 1.94. The number of rotatable bonds is 5. The molecule has 1 aromatic rings. The number of hydrogen-bond acceptors (Lipinski definition) is 3. The lowest BCUT2D eigenvalue weighted by Gasteiger charge is -2.03. The van der Waals surface area contributed by atoms with Crippen LogP contribution in [0.5, 0.6) is 0 Å². The third-order valence-corrected chi connectivity index (χ3v) is 3.17. The van der Waals surface area contributed by atoms with E-state index in [2.05, 4.69) is 5.32 Å². The lowest BCUT2D eigenvalue weighted by atomic mass is 10.2. The maximum absolute atomic E-state index is 11.4. The Balaban J connectivity index is 2.23. The van der Waals surface area contributed by atoms with Gasteiger partial charge in [0, 0.05) is 23.7 Å². The first-order chi connectivity index (χ1) is 8.08. The van der Waals surface area contributed by atoms with E-state index in [4.69, 9.17) is 11.6 Å². The number of amides is 1. The van der Waals surface area contributed by atoms with Gasteiger partial charge in [-0.2, -0.15) is 0 Å². The molecule has 0 spiro atoms. The van der Waals surface area contributed by atoms with E-state index in [1.165, 1.54) is 18.7 Å². The summed E-state index contributed by atoms with van der Waals surface area (Å²) in [6, 6.07) is 7.37. The Labute approximate surface area is 110 Å². The molecule has 0 heterocycles. The quantitative estimate of drug-likeness (QED) is 0.894. The van der Waals surface area contributed by atoms with Crippen molar-refractivity contribution in [1.82, 2.24) is 5.32 Å². The summed E-state index contributed by atoms with van der Waals surface area (Å²) in [6.07, 6.45) is 0.382. The van der Waals surface area contributed by atoms with Crippen molar-refractivity contribution in [3.05, 3.63) is 34.9 Å². The molecule has 1 aromatic carbocycles. The lowest BCUT2D eigenvalue weighted by Crippen LogP contribution is -2.21. The third kappa shape index (κ3) is 6.34. The van der Waals surface area contributed by atoms with Gasteiger partial charge in [0.15, 0.2) is 0 Å². The van der Waals surface area contributed by atoms with Crippen molar-refractivity contribution in [3.8, 4) is 0 Å². The second-order valence-electron chi connectivity index (χ2n) is 3.58. The van der Waals surface area contributed by atoms with Gasteiger partial charge in [0.25, 0.3) is 5.24 Å². The van der Waals surface area contributed by atoms with Crippen LogP contribution in [0, 0.1) is 0 Å². The highest BCUT2D eigenvalue weighted by atomic mass is 35.5. The van der Waals surface area contributed by atoms with E-state index in [0.29, 0.717) is 23.7 Å². The number of hydrogen-bond donors (Lipinski definition) is 1. The Bertz CT molecular complexity index is 392. The van der Waals surface area contributed by atoms with Gasteiger partial charge in [-0.3, -0.25) is 9.59 Å². The molecule has 5 heteroatoms. The van der Waals surface area contributed by atoms with Crippen LogP contribution in [-0.2, 0) is 10.5 Å². The Hall–Kier alpha value is -1.00. The molecule has 1 rings (SSSR count). The number of carbonyl (C=O) groups is 2. The van der Waals surface area contributed by atoms with Gasteiger partial charge in [-0.1, -0.05) is 35.5 Å². The Morgan fingerprint density at radius 1 is 1.29 bits per heavy atom. The summed E-state index contributed by atoms with van der Waals surface area (Å²) in [7, 11) is 0. The molecular weight excluding hydrogens is 258 g/mol.